The van der Waals surface area contributed by atoms with Crippen LogP contribution < -0.4 is 5.32 Å². The minimum absolute atomic E-state index is 0.0207. The monoisotopic (exact) mass is 334 g/mol. The van der Waals surface area contributed by atoms with Crippen molar-refractivity contribution in [3.63, 3.8) is 0 Å². The summed E-state index contributed by atoms with van der Waals surface area (Å²) in [4.78, 5) is 24.9. The molecular weight excluding hydrogens is 308 g/mol. The average Bonchev–Trinajstić information content (AvgIpc) is 2.90. The zero-order valence-corrected chi connectivity index (χ0v) is 14.5. The van der Waals surface area contributed by atoms with Gasteiger partial charge in [0.25, 0.3) is 0 Å². The van der Waals surface area contributed by atoms with E-state index in [2.05, 4.69) is 11.6 Å². The largest absolute Gasteiger partial charge is 0.480 e. The molecule has 1 heterocycles. The van der Waals surface area contributed by atoms with Crippen LogP contribution in [-0.2, 0) is 4.79 Å². The van der Waals surface area contributed by atoms with Gasteiger partial charge in [-0.1, -0.05) is 19.8 Å². The van der Waals surface area contributed by atoms with Gasteiger partial charge in [-0.25, -0.2) is 9.59 Å². The second kappa shape index (κ2) is 10.2. The van der Waals surface area contributed by atoms with Gasteiger partial charge in [-0.2, -0.15) is 11.8 Å². The van der Waals surface area contributed by atoms with Gasteiger partial charge in [0.05, 0.1) is 5.37 Å². The summed E-state index contributed by atoms with van der Waals surface area (Å²) in [6.07, 6.45) is 7.35. The highest BCUT2D eigenvalue weighted by Crippen LogP contribution is 2.31. The third-order valence-corrected chi connectivity index (χ3v) is 5.66. The molecule has 21 heavy (non-hydrogen) atoms. The standard InChI is InChI=1S/C14H26N2O3S2/c1-3-12-16(11(10-21-12)13(17)18)14(19)15-8-6-4-5-7-9-20-2/h11-12H,3-10H2,1-2H3,(H,15,19)(H,17,18). The molecule has 0 bridgehead atoms. The molecule has 122 valence electrons. The minimum Gasteiger partial charge on any atom is -0.480 e. The van der Waals surface area contributed by atoms with Gasteiger partial charge in [0.15, 0.2) is 0 Å². The number of thioether (sulfide) groups is 2. The Bertz CT molecular complexity index is 342. The predicted molar refractivity (Wildman–Crippen MR) is 90.0 cm³/mol. The number of carboxylic acid groups (broad SMARTS) is 1. The van der Waals surface area contributed by atoms with Crippen molar-refractivity contribution >= 4 is 35.5 Å². The number of hydrogen-bond donors (Lipinski definition) is 2. The first-order valence-corrected chi connectivity index (χ1v) is 9.95. The molecule has 2 unspecified atom stereocenters. The van der Waals surface area contributed by atoms with E-state index in [9.17, 15) is 14.7 Å². The third-order valence-electron chi connectivity index (χ3n) is 3.51. The van der Waals surface area contributed by atoms with Gasteiger partial charge in [-0.05, 0) is 31.3 Å². The van der Waals surface area contributed by atoms with Gasteiger partial charge >= 0.3 is 12.0 Å². The molecule has 0 aliphatic carbocycles. The van der Waals surface area contributed by atoms with Crippen molar-refractivity contribution in [2.75, 3.05) is 24.3 Å². The molecule has 0 aromatic rings. The lowest BCUT2D eigenvalue weighted by Crippen LogP contribution is -2.50. The summed E-state index contributed by atoms with van der Waals surface area (Å²) in [6.45, 7) is 2.61. The lowest BCUT2D eigenvalue weighted by molar-refractivity contribution is -0.141. The highest BCUT2D eigenvalue weighted by Gasteiger charge is 2.40. The number of amides is 2. The van der Waals surface area contributed by atoms with Crippen LogP contribution in [0.4, 0.5) is 4.79 Å². The first kappa shape index (κ1) is 18.5. The molecule has 0 aromatic carbocycles. The van der Waals surface area contributed by atoms with Crippen molar-refractivity contribution in [3.8, 4) is 0 Å². The fourth-order valence-corrected chi connectivity index (χ4v) is 4.19. The highest BCUT2D eigenvalue weighted by molar-refractivity contribution is 8.00. The van der Waals surface area contributed by atoms with Crippen LogP contribution in [0.1, 0.15) is 39.0 Å². The molecule has 0 spiro atoms. The zero-order valence-electron chi connectivity index (χ0n) is 12.8. The molecule has 1 aliphatic heterocycles. The van der Waals surface area contributed by atoms with Crippen molar-refractivity contribution < 1.29 is 14.7 Å². The Labute approximate surface area is 135 Å². The van der Waals surface area contributed by atoms with E-state index in [0.29, 0.717) is 12.3 Å². The maximum absolute atomic E-state index is 12.2. The number of carbonyl (C=O) groups excluding carboxylic acids is 1. The molecule has 0 aromatic heterocycles. The first-order valence-electron chi connectivity index (χ1n) is 7.51. The summed E-state index contributed by atoms with van der Waals surface area (Å²) in [5.41, 5.74) is 0. The smallest absolute Gasteiger partial charge is 0.327 e. The molecule has 2 atom stereocenters. The van der Waals surface area contributed by atoms with E-state index in [-0.39, 0.29) is 11.4 Å². The zero-order chi connectivity index (χ0) is 15.7. The number of unbranched alkanes of at least 4 members (excludes halogenated alkanes) is 3. The van der Waals surface area contributed by atoms with E-state index < -0.39 is 12.0 Å². The number of aliphatic carboxylic acids is 1. The number of rotatable bonds is 9. The third kappa shape index (κ3) is 5.98. The Morgan fingerprint density at radius 2 is 2.05 bits per heavy atom. The molecule has 1 rings (SSSR count). The second-order valence-corrected chi connectivity index (χ2v) is 7.29. The maximum Gasteiger partial charge on any atom is 0.327 e. The normalized spacial score (nSPS) is 21.5. The first-order chi connectivity index (χ1) is 10.1. The van der Waals surface area contributed by atoms with Crippen molar-refractivity contribution in [2.24, 2.45) is 0 Å². The lowest BCUT2D eigenvalue weighted by Gasteiger charge is -2.26. The maximum atomic E-state index is 12.2. The number of nitrogens with zero attached hydrogens (tertiary/aromatic N) is 1. The molecule has 1 aliphatic rings. The summed E-state index contributed by atoms with van der Waals surface area (Å²) in [7, 11) is 0. The minimum atomic E-state index is -0.911. The summed E-state index contributed by atoms with van der Waals surface area (Å²) in [6, 6.07) is -0.926. The van der Waals surface area contributed by atoms with Gasteiger partial charge < -0.3 is 10.4 Å². The SMILES string of the molecule is CCC1SCC(C(=O)O)N1C(=O)NCCCCCCSC. The fourth-order valence-electron chi connectivity index (χ4n) is 2.35. The van der Waals surface area contributed by atoms with Gasteiger partial charge in [0.2, 0.25) is 0 Å². The van der Waals surface area contributed by atoms with Gasteiger partial charge in [0.1, 0.15) is 6.04 Å². The Morgan fingerprint density at radius 3 is 2.67 bits per heavy atom. The lowest BCUT2D eigenvalue weighted by atomic mass is 10.2. The Morgan fingerprint density at radius 1 is 1.33 bits per heavy atom. The topological polar surface area (TPSA) is 69.6 Å². The van der Waals surface area contributed by atoms with Crippen LogP contribution >= 0.6 is 23.5 Å². The van der Waals surface area contributed by atoms with Crippen LogP contribution in [0.2, 0.25) is 0 Å². The summed E-state index contributed by atoms with van der Waals surface area (Å²) in [5.74, 6) is 0.761. The number of carboxylic acids is 1. The molecule has 7 heteroatoms. The summed E-state index contributed by atoms with van der Waals surface area (Å²) < 4.78 is 0. The summed E-state index contributed by atoms with van der Waals surface area (Å²) in [5, 5.41) is 12.1. The Balaban J connectivity index is 2.30. The second-order valence-electron chi connectivity index (χ2n) is 5.10. The Hall–Kier alpha value is -0.560. The van der Waals surface area contributed by atoms with Crippen LogP contribution in [0.25, 0.3) is 0 Å². The van der Waals surface area contributed by atoms with Gasteiger partial charge in [0, 0.05) is 12.3 Å². The van der Waals surface area contributed by atoms with Gasteiger partial charge in [-0.15, -0.1) is 11.8 Å². The number of carbonyl (C=O) groups is 2. The van der Waals surface area contributed by atoms with Crippen molar-refractivity contribution in [2.45, 2.75) is 50.4 Å². The van der Waals surface area contributed by atoms with E-state index >= 15 is 0 Å². The molecule has 2 amide bonds. The van der Waals surface area contributed by atoms with Crippen LogP contribution in [0.3, 0.4) is 0 Å². The average molecular weight is 335 g/mol. The van der Waals surface area contributed by atoms with E-state index in [1.165, 1.54) is 23.5 Å². The Kier molecular flexibility index (Phi) is 8.99. The van der Waals surface area contributed by atoms with Crippen LogP contribution in [0, 0.1) is 0 Å². The number of nitrogens with one attached hydrogen (secondary N) is 1. The van der Waals surface area contributed by atoms with Crippen LogP contribution in [-0.4, -0.2) is 57.7 Å². The quantitative estimate of drug-likeness (QED) is 0.635. The van der Waals surface area contributed by atoms with Crippen LogP contribution in [0.15, 0.2) is 0 Å². The number of hydrogen-bond acceptors (Lipinski definition) is 4. The number of urea groups is 1. The molecule has 0 radical (unpaired) electrons. The highest BCUT2D eigenvalue weighted by atomic mass is 32.2. The molecule has 0 saturated carbocycles. The molecule has 1 fully saturated rings. The van der Waals surface area contributed by atoms with E-state index in [1.807, 2.05) is 18.7 Å². The van der Waals surface area contributed by atoms with E-state index in [0.717, 1.165) is 19.3 Å². The molecular formula is C14H26N2O3S2. The van der Waals surface area contributed by atoms with Crippen LogP contribution in [0.5, 0.6) is 0 Å². The van der Waals surface area contributed by atoms with E-state index in [1.54, 1.807) is 11.8 Å². The molecule has 1 saturated heterocycles. The fraction of sp³-hybridized carbons (Fsp3) is 0.857. The van der Waals surface area contributed by atoms with Crippen molar-refractivity contribution in [1.29, 1.82) is 0 Å². The summed E-state index contributed by atoms with van der Waals surface area (Å²) >= 11 is 3.41. The van der Waals surface area contributed by atoms with E-state index in [4.69, 9.17) is 0 Å². The van der Waals surface area contributed by atoms with Crippen molar-refractivity contribution in [3.05, 3.63) is 0 Å². The van der Waals surface area contributed by atoms with Gasteiger partial charge in [-0.3, -0.25) is 4.90 Å². The molecule has 5 nitrogen and oxygen atoms in total. The predicted octanol–water partition coefficient (Wildman–Crippen LogP) is 2.86. The van der Waals surface area contributed by atoms with Crippen molar-refractivity contribution in [1.82, 2.24) is 10.2 Å². The molecule has 2 N–H and O–H groups in total.